The van der Waals surface area contributed by atoms with Crippen LogP contribution < -0.4 is 23.8 Å². The maximum absolute atomic E-state index is 13.6. The van der Waals surface area contributed by atoms with Crippen LogP contribution >= 0.6 is 19.4 Å². The van der Waals surface area contributed by atoms with Crippen LogP contribution in [0.3, 0.4) is 0 Å². The van der Waals surface area contributed by atoms with E-state index in [9.17, 15) is 28.7 Å². The Morgan fingerprint density at radius 1 is 1.04 bits per heavy atom. The quantitative estimate of drug-likeness (QED) is 0.151. The number of phosphoric acid groups is 1. The monoisotopic (exact) mass is 727 g/mol. The highest BCUT2D eigenvalue weighted by Crippen LogP contribution is 2.49. The van der Waals surface area contributed by atoms with Crippen molar-refractivity contribution in [1.29, 1.82) is 0 Å². The molecule has 0 saturated carbocycles. The number of phosphoric ester groups is 1. The molecule has 3 unspecified atom stereocenters. The minimum absolute atomic E-state index is 0.00229. The predicted octanol–water partition coefficient (Wildman–Crippen LogP) is 5.32. The van der Waals surface area contributed by atoms with E-state index in [0.717, 1.165) is 23.8 Å². The van der Waals surface area contributed by atoms with Crippen molar-refractivity contribution in [2.24, 2.45) is 0 Å². The molecule has 7 rings (SSSR count). The summed E-state index contributed by atoms with van der Waals surface area (Å²) in [6, 6.07) is 11.8. The summed E-state index contributed by atoms with van der Waals surface area (Å²) >= 11 is 6.34. The van der Waals surface area contributed by atoms with Crippen molar-refractivity contribution in [2.75, 3.05) is 42.5 Å². The van der Waals surface area contributed by atoms with Crippen molar-refractivity contribution in [3.05, 3.63) is 53.6 Å². The van der Waals surface area contributed by atoms with Crippen LogP contribution in [-0.4, -0.2) is 83.5 Å². The highest BCUT2D eigenvalue weighted by Gasteiger charge is 2.51. The molecule has 0 radical (unpaired) electrons. The van der Waals surface area contributed by atoms with Gasteiger partial charge < -0.3 is 28.5 Å². The van der Waals surface area contributed by atoms with Gasteiger partial charge in [0.25, 0.3) is 11.8 Å². The van der Waals surface area contributed by atoms with E-state index in [-0.39, 0.29) is 47.7 Å². The second-order valence-electron chi connectivity index (χ2n) is 13.1. The highest BCUT2D eigenvalue weighted by atomic mass is 35.5. The van der Waals surface area contributed by atoms with Gasteiger partial charge in [0.1, 0.15) is 11.9 Å². The third kappa shape index (κ3) is 6.19. The van der Waals surface area contributed by atoms with Crippen LogP contribution in [0.4, 0.5) is 11.4 Å². The maximum Gasteiger partial charge on any atom is 0.524 e. The summed E-state index contributed by atoms with van der Waals surface area (Å²) in [4.78, 5) is 64.5. The van der Waals surface area contributed by atoms with Crippen molar-refractivity contribution < 1.29 is 47.5 Å². The fourth-order valence-corrected chi connectivity index (χ4v) is 8.37. The smallest absolute Gasteiger partial charge is 0.493 e. The first-order valence-corrected chi connectivity index (χ1v) is 18.9. The summed E-state index contributed by atoms with van der Waals surface area (Å²) in [6.07, 6.45) is 2.54. The van der Waals surface area contributed by atoms with Gasteiger partial charge in [-0.2, -0.15) is 0 Å². The molecule has 3 aromatic carbocycles. The topological polar surface area (TPSA) is 155 Å². The minimum Gasteiger partial charge on any atom is -0.493 e. The molecule has 13 nitrogen and oxygen atoms in total. The van der Waals surface area contributed by atoms with Gasteiger partial charge in [-0.3, -0.25) is 29.1 Å². The van der Waals surface area contributed by atoms with Gasteiger partial charge in [-0.25, -0.2) is 4.57 Å². The second kappa shape index (κ2) is 13.7. The fraction of sp³-hybridized carbons (Fsp3) is 0.457. The number of anilines is 2. The lowest BCUT2D eigenvalue weighted by Crippen LogP contribution is -2.47. The predicted molar refractivity (Wildman–Crippen MR) is 185 cm³/mol. The number of hydrogen-bond donors (Lipinski definition) is 2. The molecular formula is C35H39ClN3O10P. The van der Waals surface area contributed by atoms with Gasteiger partial charge in [-0.1, -0.05) is 24.3 Å². The van der Waals surface area contributed by atoms with Crippen LogP contribution in [0.25, 0.3) is 10.8 Å². The third-order valence-electron chi connectivity index (χ3n) is 9.97. The molecule has 3 aromatic rings. The Morgan fingerprint density at radius 3 is 2.54 bits per heavy atom. The van der Waals surface area contributed by atoms with E-state index in [2.05, 4.69) is 0 Å². The number of unbranched alkanes of at least 4 members (excludes halogenated alkanes) is 2. The van der Waals surface area contributed by atoms with Gasteiger partial charge >= 0.3 is 7.82 Å². The molecule has 266 valence electrons. The Balaban J connectivity index is 1.01. The zero-order chi connectivity index (χ0) is 35.3. The average Bonchev–Trinajstić information content (AvgIpc) is 3.79. The molecule has 0 bridgehead atoms. The first-order valence-electron chi connectivity index (χ1n) is 16.8. The van der Waals surface area contributed by atoms with Crippen LogP contribution in [0.2, 0.25) is 0 Å². The van der Waals surface area contributed by atoms with E-state index < -0.39 is 20.2 Å². The minimum atomic E-state index is -4.85. The molecule has 2 N–H and O–H groups in total. The molecule has 2 fully saturated rings. The number of amides is 3. The molecule has 4 aliphatic rings. The number of ether oxygens (including phenoxy) is 3. The number of nitrogens with zero attached hydrogens (tertiary/aromatic N) is 3. The molecule has 2 saturated heterocycles. The summed E-state index contributed by atoms with van der Waals surface area (Å²) in [5.41, 5.74) is 2.23. The second-order valence-corrected chi connectivity index (χ2v) is 14.5. The Kier molecular flexibility index (Phi) is 9.46. The van der Waals surface area contributed by atoms with Gasteiger partial charge in [0.2, 0.25) is 5.91 Å². The van der Waals surface area contributed by atoms with E-state index in [1.165, 1.54) is 13.2 Å². The van der Waals surface area contributed by atoms with Crippen molar-refractivity contribution >= 4 is 59.3 Å². The molecule has 4 aliphatic heterocycles. The number of rotatable bonds is 11. The summed E-state index contributed by atoms with van der Waals surface area (Å²) < 4.78 is 34.6. The number of carbonyl (C=O) groups excluding carboxylic acids is 3. The number of carbonyl (C=O) groups is 3. The number of hydrogen-bond acceptors (Lipinski definition) is 8. The average molecular weight is 728 g/mol. The summed E-state index contributed by atoms with van der Waals surface area (Å²) in [5, 5.41) is 1.27. The van der Waals surface area contributed by atoms with Gasteiger partial charge in [-0.05, 0) is 56.0 Å². The van der Waals surface area contributed by atoms with Gasteiger partial charge in [-0.15, -0.1) is 11.6 Å². The van der Waals surface area contributed by atoms with E-state index in [1.807, 2.05) is 12.1 Å². The van der Waals surface area contributed by atoms with Gasteiger partial charge in [0, 0.05) is 48.8 Å². The maximum atomic E-state index is 13.6. The molecule has 4 heterocycles. The first-order chi connectivity index (χ1) is 24.0. The number of benzene rings is 3. The molecule has 0 aliphatic carbocycles. The molecule has 50 heavy (non-hydrogen) atoms. The van der Waals surface area contributed by atoms with Crippen LogP contribution in [0.15, 0.2) is 42.5 Å². The number of fused-ring (bicyclic) bond motifs is 8. The first kappa shape index (κ1) is 34.6. The molecule has 3 amide bonds. The van der Waals surface area contributed by atoms with Crippen LogP contribution in [-0.2, 0) is 18.9 Å². The van der Waals surface area contributed by atoms with Gasteiger partial charge in [0.15, 0.2) is 17.7 Å². The van der Waals surface area contributed by atoms with Crippen LogP contribution in [0.1, 0.15) is 67.3 Å². The lowest BCUT2D eigenvalue weighted by Gasteiger charge is -2.29. The van der Waals surface area contributed by atoms with Gasteiger partial charge in [0.05, 0.1) is 36.7 Å². The number of alkyl halides is 1. The normalized spacial score (nSPS) is 22.7. The Bertz CT molecular complexity index is 1900. The van der Waals surface area contributed by atoms with Crippen LogP contribution in [0.5, 0.6) is 17.2 Å². The number of methoxy groups -OCH3 is 1. The third-order valence-corrected chi connectivity index (χ3v) is 10.8. The summed E-state index contributed by atoms with van der Waals surface area (Å²) in [6.45, 7) is 2.99. The van der Waals surface area contributed by atoms with E-state index in [4.69, 9.17) is 30.3 Å². The van der Waals surface area contributed by atoms with Crippen molar-refractivity contribution in [3.63, 3.8) is 0 Å². The molecule has 0 spiro atoms. The molecule has 0 aromatic heterocycles. The molecule has 4 atom stereocenters. The van der Waals surface area contributed by atoms with Crippen molar-refractivity contribution in [1.82, 2.24) is 4.90 Å². The summed E-state index contributed by atoms with van der Waals surface area (Å²) in [5.74, 6) is 0.431. The Morgan fingerprint density at radius 2 is 1.80 bits per heavy atom. The lowest BCUT2D eigenvalue weighted by molar-refractivity contribution is -0.121. The summed E-state index contributed by atoms with van der Waals surface area (Å²) in [7, 11) is -3.35. The fourth-order valence-electron chi connectivity index (χ4n) is 7.71. The van der Waals surface area contributed by atoms with Crippen molar-refractivity contribution in [3.8, 4) is 17.2 Å². The Hall–Kier alpha value is -3.87. The molecular weight excluding hydrogens is 689 g/mol. The largest absolute Gasteiger partial charge is 0.524 e. The molecule has 15 heteroatoms. The zero-order valence-corrected chi connectivity index (χ0v) is 29.4. The lowest BCUT2D eigenvalue weighted by atomic mass is 9.95. The SMILES string of the molecule is COc1cc2c(cc1OCCCCCC(=O)N1CC(CCl)c3c1cc(OP(=O)(O)O)c1ccccc31)N1C(=O)C(C)OC1[C@@H]1CCCN1C2=O. The highest BCUT2D eigenvalue weighted by molar-refractivity contribution is 7.46. The van der Waals surface area contributed by atoms with Crippen molar-refractivity contribution in [2.45, 2.75) is 69.7 Å². The number of halogens is 1. The van der Waals surface area contributed by atoms with E-state index in [0.29, 0.717) is 72.8 Å². The Labute approximate surface area is 294 Å². The van der Waals surface area contributed by atoms with E-state index in [1.54, 1.807) is 45.9 Å². The standard InChI is InChI=1S/C35H39ClN3O10P/c1-20-33(41)39-26-16-30(29(46-2)15-24(26)34(42)37-13-8-11-25(37)35(39)48-20)47-14-7-3-4-12-31(40)38-19-21(18-36)32-23-10-6-5-9-22(23)28(17-27(32)38)49-50(43,44)45/h5-6,9-10,15-17,20-21,25,35H,3-4,7-8,11-14,18-19H2,1-2H3,(H2,43,44,45)/t20?,21?,25-,35?/m0/s1. The zero-order valence-electron chi connectivity index (χ0n) is 27.7. The van der Waals surface area contributed by atoms with Crippen LogP contribution in [0, 0.1) is 0 Å². The van der Waals surface area contributed by atoms with E-state index >= 15 is 0 Å².